The van der Waals surface area contributed by atoms with Gasteiger partial charge in [0.1, 0.15) is 0 Å². The number of aliphatic hydroxyl groups excluding tert-OH is 1. The first-order chi connectivity index (χ1) is 5.26. The van der Waals surface area contributed by atoms with Gasteiger partial charge >= 0.3 is 0 Å². The van der Waals surface area contributed by atoms with Crippen LogP contribution in [0.3, 0.4) is 0 Å². The Balaban J connectivity index is 2.91. The maximum absolute atomic E-state index is 12.0. The predicted molar refractivity (Wildman–Crippen MR) is 52.4 cm³/mol. The van der Waals surface area contributed by atoms with Gasteiger partial charge in [0.25, 0.3) is 0 Å². The third-order valence-corrected chi connectivity index (χ3v) is 5.59. The van der Waals surface area contributed by atoms with Gasteiger partial charge in [-0.15, -0.1) is 0 Å². The van der Waals surface area contributed by atoms with Crippen molar-refractivity contribution in [1.82, 2.24) is 0 Å². The Labute approximate surface area is 75.2 Å². The molecule has 2 nitrogen and oxygen atoms in total. The minimum absolute atomic E-state index is 0.161. The van der Waals surface area contributed by atoms with Gasteiger partial charge in [-0.1, -0.05) is 27.7 Å². The molecule has 1 N–H and O–H groups in total. The summed E-state index contributed by atoms with van der Waals surface area (Å²) < 4.78 is 12.0. The Kier molecular flexibility index (Phi) is 2.44. The topological polar surface area (TPSA) is 37.3 Å². The highest BCUT2D eigenvalue weighted by Gasteiger charge is 2.44. The highest BCUT2D eigenvalue weighted by atomic mass is 31.1. The fraction of sp³-hybridized carbons (Fsp3) is 1.00. The van der Waals surface area contributed by atoms with Crippen LogP contribution >= 0.6 is 7.80 Å². The van der Waals surface area contributed by atoms with Crippen LogP contribution in [0.4, 0.5) is 0 Å². The lowest BCUT2D eigenvalue weighted by Gasteiger charge is -2.42. The van der Waals surface area contributed by atoms with Gasteiger partial charge in [0.2, 0.25) is 0 Å². The zero-order valence-electron chi connectivity index (χ0n) is 8.35. The van der Waals surface area contributed by atoms with E-state index >= 15 is 0 Å². The highest BCUT2D eigenvalue weighted by Crippen LogP contribution is 2.57. The van der Waals surface area contributed by atoms with E-state index in [1.807, 2.05) is 27.7 Å². The van der Waals surface area contributed by atoms with Gasteiger partial charge in [0, 0.05) is 10.3 Å². The molecule has 0 aromatic rings. The summed E-state index contributed by atoms with van der Waals surface area (Å²) in [4.78, 5) is 0. The molecule has 0 bridgehead atoms. The van der Waals surface area contributed by atoms with Crippen LogP contribution in [0.2, 0.25) is 0 Å². The van der Waals surface area contributed by atoms with Crippen molar-refractivity contribution in [3.05, 3.63) is 0 Å². The zero-order chi connectivity index (χ0) is 9.57. The molecule has 0 radical (unpaired) electrons. The number of hydrogen-bond acceptors (Lipinski definition) is 2. The molecule has 0 aromatic heterocycles. The van der Waals surface area contributed by atoms with E-state index < -0.39 is 7.80 Å². The van der Waals surface area contributed by atoms with E-state index in [1.54, 1.807) is 0 Å². The van der Waals surface area contributed by atoms with Gasteiger partial charge in [-0.25, -0.2) is 0 Å². The second-order valence-electron chi connectivity index (χ2n) is 5.16. The Morgan fingerprint density at radius 1 is 1.17 bits per heavy atom. The van der Waals surface area contributed by atoms with E-state index in [-0.39, 0.29) is 16.4 Å². The second-order valence-corrected chi connectivity index (χ2v) is 8.52. The summed E-state index contributed by atoms with van der Waals surface area (Å²) >= 11 is 0. The summed E-state index contributed by atoms with van der Waals surface area (Å²) in [7, 11) is -1.59. The van der Waals surface area contributed by atoms with E-state index in [4.69, 9.17) is 0 Å². The van der Waals surface area contributed by atoms with Gasteiger partial charge in [-0.3, -0.25) is 0 Å². The Bertz CT molecular complexity index is 189. The van der Waals surface area contributed by atoms with Crippen molar-refractivity contribution in [2.24, 2.45) is 0 Å². The first-order valence-electron chi connectivity index (χ1n) is 4.49. The fourth-order valence-corrected chi connectivity index (χ4v) is 5.03. The van der Waals surface area contributed by atoms with E-state index in [0.29, 0.717) is 12.8 Å². The van der Waals surface area contributed by atoms with Crippen molar-refractivity contribution < 1.29 is 9.67 Å². The maximum Gasteiger partial charge on any atom is 0.0870 e. The zero-order valence-corrected chi connectivity index (χ0v) is 9.35. The largest absolute Gasteiger partial charge is 0.393 e. The first-order valence-corrected chi connectivity index (χ1v) is 5.89. The fourth-order valence-electron chi connectivity index (χ4n) is 2.35. The molecule has 0 atom stereocenters. The minimum atomic E-state index is -1.59. The monoisotopic (exact) mass is 190 g/mol. The van der Waals surface area contributed by atoms with E-state index in [0.717, 1.165) is 0 Å². The van der Waals surface area contributed by atoms with Crippen molar-refractivity contribution in [2.45, 2.75) is 57.0 Å². The summed E-state index contributed by atoms with van der Waals surface area (Å²) in [6.07, 6.45) is 1.11. The number of aliphatic hydroxyl groups is 1. The molecule has 1 saturated heterocycles. The summed E-state index contributed by atoms with van der Waals surface area (Å²) in [5, 5.41) is 9.25. The molecule has 1 aliphatic rings. The lowest BCUT2D eigenvalue weighted by atomic mass is 9.95. The molecule has 0 aliphatic carbocycles. The molecule has 72 valence electrons. The predicted octanol–water partition coefficient (Wildman–Crippen LogP) is 2.26. The summed E-state index contributed by atoms with van der Waals surface area (Å²) in [6.45, 7) is 7.99. The van der Waals surface area contributed by atoms with Crippen molar-refractivity contribution >= 4 is 7.80 Å². The van der Waals surface area contributed by atoms with Crippen LogP contribution in [0, 0.1) is 0 Å². The third kappa shape index (κ3) is 1.75. The third-order valence-electron chi connectivity index (χ3n) is 2.72. The van der Waals surface area contributed by atoms with Gasteiger partial charge in [-0.05, 0) is 12.8 Å². The quantitative estimate of drug-likeness (QED) is 0.595. The number of hydrogen-bond donors (Lipinski definition) is 1. The first kappa shape index (κ1) is 10.3. The van der Waals surface area contributed by atoms with Crippen LogP contribution in [-0.4, -0.2) is 21.5 Å². The van der Waals surface area contributed by atoms with E-state index in [1.165, 1.54) is 0 Å². The summed E-state index contributed by atoms with van der Waals surface area (Å²) in [5.74, 6) is 0. The lowest BCUT2D eigenvalue weighted by molar-refractivity contribution is 0.122. The van der Waals surface area contributed by atoms with Gasteiger partial charge in [0.05, 0.1) is 13.9 Å². The van der Waals surface area contributed by atoms with Crippen LogP contribution in [-0.2, 0) is 4.57 Å². The maximum atomic E-state index is 12.0. The van der Waals surface area contributed by atoms with Crippen LogP contribution in [0.15, 0.2) is 0 Å². The Morgan fingerprint density at radius 2 is 1.50 bits per heavy atom. The molecule has 0 unspecified atom stereocenters. The molecule has 3 heteroatoms. The SMILES string of the molecule is CC1(C)CC(O)CC(C)(C)[PH]1=O. The van der Waals surface area contributed by atoms with Gasteiger partial charge in [0.15, 0.2) is 0 Å². The molecule has 12 heavy (non-hydrogen) atoms. The van der Waals surface area contributed by atoms with Crippen molar-refractivity contribution in [2.75, 3.05) is 0 Å². The molecule has 0 aromatic carbocycles. The average molecular weight is 190 g/mol. The van der Waals surface area contributed by atoms with Crippen molar-refractivity contribution in [3.63, 3.8) is 0 Å². The van der Waals surface area contributed by atoms with E-state index in [2.05, 4.69) is 0 Å². The van der Waals surface area contributed by atoms with Crippen LogP contribution < -0.4 is 0 Å². The molecule has 1 heterocycles. The van der Waals surface area contributed by atoms with Crippen molar-refractivity contribution in [3.8, 4) is 0 Å². The molecule has 0 saturated carbocycles. The molecule has 1 fully saturated rings. The molecule has 0 amide bonds. The minimum Gasteiger partial charge on any atom is -0.393 e. The standard InChI is InChI=1S/C9H19O2P/c1-8(2)5-7(10)6-9(3,4)12(8)11/h7,10,12H,5-6H2,1-4H3. The van der Waals surface area contributed by atoms with Gasteiger partial charge < -0.3 is 9.67 Å². The Hall–Kier alpha value is 0.190. The second kappa shape index (κ2) is 2.85. The number of rotatable bonds is 0. The summed E-state index contributed by atoms with van der Waals surface area (Å²) in [6, 6.07) is 0. The molecule has 1 rings (SSSR count). The van der Waals surface area contributed by atoms with E-state index in [9.17, 15) is 9.67 Å². The van der Waals surface area contributed by atoms with Crippen LogP contribution in [0.25, 0.3) is 0 Å². The smallest absolute Gasteiger partial charge is 0.0870 e. The van der Waals surface area contributed by atoms with Crippen LogP contribution in [0.1, 0.15) is 40.5 Å². The Morgan fingerprint density at radius 3 is 1.83 bits per heavy atom. The molecule has 1 aliphatic heterocycles. The molecule has 0 spiro atoms. The summed E-state index contributed by atoms with van der Waals surface area (Å²) in [5.41, 5.74) is 0. The highest BCUT2D eigenvalue weighted by molar-refractivity contribution is 7.48. The lowest BCUT2D eigenvalue weighted by Crippen LogP contribution is -2.39. The molecular weight excluding hydrogens is 171 g/mol. The van der Waals surface area contributed by atoms with Gasteiger partial charge in [-0.2, -0.15) is 0 Å². The van der Waals surface area contributed by atoms with Crippen molar-refractivity contribution in [1.29, 1.82) is 0 Å². The average Bonchev–Trinajstić information content (AvgIpc) is 1.80. The molecular formula is C9H19O2P. The van der Waals surface area contributed by atoms with Crippen LogP contribution in [0.5, 0.6) is 0 Å². The normalized spacial score (nSPS) is 39.4.